The average Bonchev–Trinajstić information content (AvgIpc) is 3.07. The van der Waals surface area contributed by atoms with E-state index in [4.69, 9.17) is 0 Å². The zero-order valence-electron chi connectivity index (χ0n) is 11.2. The number of aryl methyl sites for hydroxylation is 1. The van der Waals surface area contributed by atoms with Crippen molar-refractivity contribution >= 4 is 22.6 Å². The molecular formula is C15H16N4O. The molecule has 20 heavy (non-hydrogen) atoms. The lowest BCUT2D eigenvalue weighted by Crippen LogP contribution is -2.12. The number of amides is 1. The number of hydrogen-bond donors (Lipinski definition) is 3. The molecule has 0 atom stereocenters. The number of carbonyl (C=O) groups is 1. The maximum atomic E-state index is 12.3. The van der Waals surface area contributed by atoms with E-state index in [2.05, 4.69) is 27.4 Å². The molecule has 5 nitrogen and oxygen atoms in total. The summed E-state index contributed by atoms with van der Waals surface area (Å²) in [6.45, 7) is 2.10. The molecule has 0 bridgehead atoms. The number of H-pyrrole nitrogens is 2. The molecule has 0 saturated heterocycles. The maximum absolute atomic E-state index is 12.3. The molecule has 1 aromatic carbocycles. The summed E-state index contributed by atoms with van der Waals surface area (Å²) >= 11 is 0. The predicted molar refractivity (Wildman–Crippen MR) is 78.8 cm³/mol. The number of nitrogens with one attached hydrogen (secondary N) is 3. The molecule has 0 unspecified atom stereocenters. The Balaban J connectivity index is 1.83. The lowest BCUT2D eigenvalue weighted by molar-refractivity contribution is 0.102. The molecule has 5 heteroatoms. The highest BCUT2D eigenvalue weighted by molar-refractivity contribution is 6.12. The first kappa shape index (κ1) is 12.5. The minimum Gasteiger partial charge on any atom is -0.361 e. The first-order valence-corrected chi connectivity index (χ1v) is 6.69. The molecule has 102 valence electrons. The van der Waals surface area contributed by atoms with Crippen molar-refractivity contribution in [3.8, 4) is 0 Å². The Morgan fingerprint density at radius 2 is 2.25 bits per heavy atom. The minimum absolute atomic E-state index is 0.148. The zero-order valence-corrected chi connectivity index (χ0v) is 11.2. The predicted octanol–water partition coefficient (Wildman–Crippen LogP) is 3.10. The first-order valence-electron chi connectivity index (χ1n) is 6.69. The van der Waals surface area contributed by atoms with Crippen LogP contribution in [0.3, 0.4) is 0 Å². The summed E-state index contributed by atoms with van der Waals surface area (Å²) in [7, 11) is 0. The normalized spacial score (nSPS) is 10.8. The summed E-state index contributed by atoms with van der Waals surface area (Å²) in [5, 5.41) is 10.8. The smallest absolute Gasteiger partial charge is 0.257 e. The summed E-state index contributed by atoms with van der Waals surface area (Å²) < 4.78 is 0. The second kappa shape index (κ2) is 5.21. The van der Waals surface area contributed by atoms with Crippen molar-refractivity contribution in [2.75, 3.05) is 5.32 Å². The van der Waals surface area contributed by atoms with E-state index in [-0.39, 0.29) is 5.91 Å². The fourth-order valence-electron chi connectivity index (χ4n) is 2.29. The SMILES string of the molecule is CCCc1cc(NC(=O)c2cccc3[nH]ccc23)n[nH]1. The number of carbonyl (C=O) groups excluding carboxylic acids is 1. The molecule has 1 amide bonds. The van der Waals surface area contributed by atoms with Crippen LogP contribution in [0.15, 0.2) is 36.5 Å². The molecule has 3 rings (SSSR count). The molecule has 3 N–H and O–H groups in total. The van der Waals surface area contributed by atoms with Crippen molar-refractivity contribution in [2.24, 2.45) is 0 Å². The van der Waals surface area contributed by atoms with Crippen LogP contribution in [0.5, 0.6) is 0 Å². The van der Waals surface area contributed by atoms with E-state index < -0.39 is 0 Å². The van der Waals surface area contributed by atoms with Crippen molar-refractivity contribution in [3.63, 3.8) is 0 Å². The van der Waals surface area contributed by atoms with Crippen LogP contribution in [0.2, 0.25) is 0 Å². The minimum atomic E-state index is -0.148. The Labute approximate surface area is 116 Å². The Bertz CT molecular complexity index is 741. The van der Waals surface area contributed by atoms with E-state index in [1.807, 2.05) is 36.5 Å². The second-order valence-electron chi connectivity index (χ2n) is 4.73. The van der Waals surface area contributed by atoms with Gasteiger partial charge in [0.15, 0.2) is 5.82 Å². The van der Waals surface area contributed by atoms with Gasteiger partial charge in [0.2, 0.25) is 0 Å². The molecule has 2 heterocycles. The zero-order chi connectivity index (χ0) is 13.9. The molecule has 0 aliphatic carbocycles. The lowest BCUT2D eigenvalue weighted by atomic mass is 10.1. The molecule has 0 aliphatic heterocycles. The fourth-order valence-corrected chi connectivity index (χ4v) is 2.29. The molecule has 3 aromatic rings. The second-order valence-corrected chi connectivity index (χ2v) is 4.73. The van der Waals surface area contributed by atoms with Crippen LogP contribution in [-0.2, 0) is 6.42 Å². The Morgan fingerprint density at radius 1 is 1.35 bits per heavy atom. The standard InChI is InChI=1S/C15H16N4O/c1-2-4-10-9-14(19-18-10)17-15(20)12-5-3-6-13-11(12)7-8-16-13/h3,5-9,16H,2,4H2,1H3,(H2,17,18,19,20). The summed E-state index contributed by atoms with van der Waals surface area (Å²) in [6.07, 6.45) is 3.80. The third-order valence-electron chi connectivity index (χ3n) is 3.23. The van der Waals surface area contributed by atoms with Gasteiger partial charge >= 0.3 is 0 Å². The number of hydrogen-bond acceptors (Lipinski definition) is 2. The summed E-state index contributed by atoms with van der Waals surface area (Å²) in [6, 6.07) is 9.39. The van der Waals surface area contributed by atoms with Crippen molar-refractivity contribution in [1.29, 1.82) is 0 Å². The van der Waals surface area contributed by atoms with Crippen LogP contribution in [0.25, 0.3) is 10.9 Å². The summed E-state index contributed by atoms with van der Waals surface area (Å²) in [5.41, 5.74) is 2.62. The van der Waals surface area contributed by atoms with Crippen LogP contribution < -0.4 is 5.32 Å². The van der Waals surface area contributed by atoms with E-state index in [0.29, 0.717) is 11.4 Å². The molecule has 0 radical (unpaired) electrons. The number of aromatic amines is 2. The highest BCUT2D eigenvalue weighted by atomic mass is 16.1. The van der Waals surface area contributed by atoms with Gasteiger partial charge in [-0.05, 0) is 24.6 Å². The van der Waals surface area contributed by atoms with Gasteiger partial charge in [-0.2, -0.15) is 5.10 Å². The van der Waals surface area contributed by atoms with Gasteiger partial charge in [-0.25, -0.2) is 0 Å². The number of fused-ring (bicyclic) bond motifs is 1. The van der Waals surface area contributed by atoms with Gasteiger partial charge in [-0.1, -0.05) is 19.4 Å². The van der Waals surface area contributed by atoms with E-state index >= 15 is 0 Å². The van der Waals surface area contributed by atoms with Crippen LogP contribution in [0.4, 0.5) is 5.82 Å². The third-order valence-corrected chi connectivity index (χ3v) is 3.23. The first-order chi connectivity index (χ1) is 9.78. The average molecular weight is 268 g/mol. The van der Waals surface area contributed by atoms with Gasteiger partial charge < -0.3 is 10.3 Å². The van der Waals surface area contributed by atoms with Crippen molar-refractivity contribution in [2.45, 2.75) is 19.8 Å². The Kier molecular flexibility index (Phi) is 3.25. The molecule has 2 aromatic heterocycles. The van der Waals surface area contributed by atoms with Gasteiger partial charge in [-0.3, -0.25) is 9.89 Å². The van der Waals surface area contributed by atoms with Crippen LogP contribution in [0.1, 0.15) is 29.4 Å². The number of aromatic nitrogens is 3. The maximum Gasteiger partial charge on any atom is 0.257 e. The van der Waals surface area contributed by atoms with Gasteiger partial charge in [-0.15, -0.1) is 0 Å². The van der Waals surface area contributed by atoms with Crippen molar-refractivity contribution in [1.82, 2.24) is 15.2 Å². The van der Waals surface area contributed by atoms with Gasteiger partial charge in [0.25, 0.3) is 5.91 Å². The van der Waals surface area contributed by atoms with Gasteiger partial charge in [0.1, 0.15) is 0 Å². The van der Waals surface area contributed by atoms with Crippen LogP contribution >= 0.6 is 0 Å². The number of nitrogens with zero attached hydrogens (tertiary/aromatic N) is 1. The Morgan fingerprint density at radius 3 is 3.10 bits per heavy atom. The molecule has 0 aliphatic rings. The molecule has 0 fully saturated rings. The number of anilines is 1. The topological polar surface area (TPSA) is 73.6 Å². The molecular weight excluding hydrogens is 252 g/mol. The monoisotopic (exact) mass is 268 g/mol. The fraction of sp³-hybridized carbons (Fsp3) is 0.200. The Hall–Kier alpha value is -2.56. The van der Waals surface area contributed by atoms with Crippen molar-refractivity contribution < 1.29 is 4.79 Å². The van der Waals surface area contributed by atoms with E-state index in [9.17, 15) is 4.79 Å². The quantitative estimate of drug-likeness (QED) is 0.680. The number of benzene rings is 1. The highest BCUT2D eigenvalue weighted by Crippen LogP contribution is 2.18. The van der Waals surface area contributed by atoms with Crippen LogP contribution in [0, 0.1) is 0 Å². The van der Waals surface area contributed by atoms with Gasteiger partial charge in [0, 0.05) is 34.4 Å². The van der Waals surface area contributed by atoms with Crippen LogP contribution in [-0.4, -0.2) is 21.1 Å². The van der Waals surface area contributed by atoms with Crippen molar-refractivity contribution in [3.05, 3.63) is 47.8 Å². The van der Waals surface area contributed by atoms with E-state index in [1.54, 1.807) is 0 Å². The summed E-state index contributed by atoms with van der Waals surface area (Å²) in [5.74, 6) is 0.413. The van der Waals surface area contributed by atoms with E-state index in [1.165, 1.54) is 0 Å². The third kappa shape index (κ3) is 2.30. The largest absolute Gasteiger partial charge is 0.361 e. The van der Waals surface area contributed by atoms with Gasteiger partial charge in [0.05, 0.1) is 0 Å². The molecule has 0 spiro atoms. The van der Waals surface area contributed by atoms with E-state index in [0.717, 1.165) is 29.4 Å². The number of rotatable bonds is 4. The molecule has 0 saturated carbocycles. The highest BCUT2D eigenvalue weighted by Gasteiger charge is 2.12. The lowest BCUT2D eigenvalue weighted by Gasteiger charge is -2.03. The summed E-state index contributed by atoms with van der Waals surface area (Å²) in [4.78, 5) is 15.4.